The van der Waals surface area contributed by atoms with Crippen LogP contribution in [0.3, 0.4) is 0 Å². The molecule has 0 spiro atoms. The van der Waals surface area contributed by atoms with E-state index < -0.39 is 0 Å². The number of nitrogens with zero attached hydrogens (tertiary/aromatic N) is 3. The second-order valence-electron chi connectivity index (χ2n) is 6.62. The van der Waals surface area contributed by atoms with Crippen LogP contribution >= 0.6 is 0 Å². The maximum absolute atomic E-state index is 4.93. The van der Waals surface area contributed by atoms with Crippen molar-refractivity contribution in [2.45, 2.75) is 26.7 Å². The summed E-state index contributed by atoms with van der Waals surface area (Å²) in [5.74, 6) is 2.68. The van der Waals surface area contributed by atoms with Gasteiger partial charge in [0.15, 0.2) is 5.82 Å². The molecule has 0 radical (unpaired) electrons. The van der Waals surface area contributed by atoms with Crippen LogP contribution in [0.1, 0.15) is 25.5 Å². The van der Waals surface area contributed by atoms with Gasteiger partial charge >= 0.3 is 0 Å². The van der Waals surface area contributed by atoms with E-state index in [-0.39, 0.29) is 0 Å². The summed E-state index contributed by atoms with van der Waals surface area (Å²) in [6.45, 7) is 6.56. The zero-order valence-corrected chi connectivity index (χ0v) is 13.7. The largest absolute Gasteiger partial charge is 0.356 e. The Hall–Kier alpha value is -2.36. The number of piperidine rings is 1. The van der Waals surface area contributed by atoms with Gasteiger partial charge in [-0.2, -0.15) is 0 Å². The molecule has 1 aliphatic heterocycles. The van der Waals surface area contributed by atoms with Crippen LogP contribution in [0.5, 0.6) is 0 Å². The van der Waals surface area contributed by atoms with Gasteiger partial charge in [-0.3, -0.25) is 0 Å². The fraction of sp³-hybridized carbons (Fsp3) is 0.368. The zero-order chi connectivity index (χ0) is 15.8. The van der Waals surface area contributed by atoms with Crippen LogP contribution in [0, 0.1) is 12.8 Å². The Labute approximate surface area is 136 Å². The number of aryl methyl sites for hydroxylation is 1. The number of hydrogen-bond acceptors (Lipinski definition) is 3. The molecule has 1 aromatic carbocycles. The summed E-state index contributed by atoms with van der Waals surface area (Å²) >= 11 is 0. The Balaban J connectivity index is 1.84. The standard InChI is InChI=1S/C19H22N4/c1-13-8-10-23(11-9-13)19-16-12-14(2)20-18(16)21-17(22-19)15-6-4-3-5-7-15/h3-7,12-13H,8-11H2,1-2H3,(H,20,21,22). The molecule has 0 bridgehead atoms. The molecule has 118 valence electrons. The fourth-order valence-corrected chi connectivity index (χ4v) is 3.30. The van der Waals surface area contributed by atoms with Crippen LogP contribution in [0.15, 0.2) is 36.4 Å². The van der Waals surface area contributed by atoms with E-state index in [1.165, 1.54) is 12.8 Å². The first-order valence-electron chi connectivity index (χ1n) is 8.38. The van der Waals surface area contributed by atoms with E-state index in [9.17, 15) is 0 Å². The fourth-order valence-electron chi connectivity index (χ4n) is 3.30. The molecule has 0 atom stereocenters. The van der Waals surface area contributed by atoms with Crippen LogP contribution in [0.2, 0.25) is 0 Å². The topological polar surface area (TPSA) is 44.8 Å². The van der Waals surface area contributed by atoms with Crippen molar-refractivity contribution in [3.8, 4) is 11.4 Å². The second kappa shape index (κ2) is 5.69. The minimum absolute atomic E-state index is 0.800. The van der Waals surface area contributed by atoms with E-state index in [4.69, 9.17) is 9.97 Å². The first kappa shape index (κ1) is 14.2. The van der Waals surface area contributed by atoms with Crippen LogP contribution in [0.25, 0.3) is 22.4 Å². The number of rotatable bonds is 2. The molecule has 0 amide bonds. The van der Waals surface area contributed by atoms with Crippen LogP contribution in [-0.2, 0) is 0 Å². The van der Waals surface area contributed by atoms with E-state index in [0.29, 0.717) is 0 Å². The van der Waals surface area contributed by atoms with Gasteiger partial charge in [0, 0.05) is 24.3 Å². The number of H-pyrrole nitrogens is 1. The van der Waals surface area contributed by atoms with Crippen molar-refractivity contribution in [2.24, 2.45) is 5.92 Å². The van der Waals surface area contributed by atoms with E-state index >= 15 is 0 Å². The predicted molar refractivity (Wildman–Crippen MR) is 94.7 cm³/mol. The highest BCUT2D eigenvalue weighted by atomic mass is 15.2. The average Bonchev–Trinajstić information content (AvgIpc) is 2.96. The molecule has 3 aromatic rings. The van der Waals surface area contributed by atoms with Crippen molar-refractivity contribution in [2.75, 3.05) is 18.0 Å². The van der Waals surface area contributed by atoms with Crippen molar-refractivity contribution < 1.29 is 0 Å². The van der Waals surface area contributed by atoms with Crippen molar-refractivity contribution >= 4 is 16.9 Å². The third kappa shape index (κ3) is 2.69. The van der Waals surface area contributed by atoms with Gasteiger partial charge in [-0.15, -0.1) is 0 Å². The Morgan fingerprint density at radius 1 is 1.09 bits per heavy atom. The van der Waals surface area contributed by atoms with Gasteiger partial charge in [0.2, 0.25) is 0 Å². The first-order chi connectivity index (χ1) is 11.2. The maximum atomic E-state index is 4.93. The molecule has 1 saturated heterocycles. The minimum Gasteiger partial charge on any atom is -0.356 e. The third-order valence-corrected chi connectivity index (χ3v) is 4.72. The lowest BCUT2D eigenvalue weighted by Gasteiger charge is -2.31. The molecule has 3 heterocycles. The van der Waals surface area contributed by atoms with Crippen LogP contribution in [-0.4, -0.2) is 28.0 Å². The minimum atomic E-state index is 0.800. The number of aromatic nitrogens is 3. The average molecular weight is 306 g/mol. The molecule has 4 rings (SSSR count). The second-order valence-corrected chi connectivity index (χ2v) is 6.62. The summed E-state index contributed by atoms with van der Waals surface area (Å²) in [5.41, 5.74) is 3.13. The predicted octanol–water partition coefficient (Wildman–Crippen LogP) is 4.17. The van der Waals surface area contributed by atoms with Crippen LogP contribution in [0.4, 0.5) is 5.82 Å². The Bertz CT molecular complexity index is 814. The van der Waals surface area contributed by atoms with Gasteiger partial charge in [0.1, 0.15) is 11.5 Å². The molecular formula is C19H22N4. The number of aromatic amines is 1. The molecule has 23 heavy (non-hydrogen) atoms. The quantitative estimate of drug-likeness (QED) is 0.773. The molecule has 2 aromatic heterocycles. The normalized spacial score (nSPS) is 16.2. The van der Waals surface area contributed by atoms with Gasteiger partial charge in [-0.1, -0.05) is 37.3 Å². The Morgan fingerprint density at radius 3 is 2.57 bits per heavy atom. The van der Waals surface area contributed by atoms with Gasteiger partial charge in [-0.05, 0) is 31.7 Å². The number of fused-ring (bicyclic) bond motifs is 1. The third-order valence-electron chi connectivity index (χ3n) is 4.72. The monoisotopic (exact) mass is 306 g/mol. The first-order valence-corrected chi connectivity index (χ1v) is 8.38. The summed E-state index contributed by atoms with van der Waals surface area (Å²) in [7, 11) is 0. The molecular weight excluding hydrogens is 284 g/mol. The van der Waals surface area contributed by atoms with Crippen molar-refractivity contribution in [1.29, 1.82) is 0 Å². The molecule has 0 aliphatic carbocycles. The summed E-state index contributed by atoms with van der Waals surface area (Å²) in [6.07, 6.45) is 2.46. The lowest BCUT2D eigenvalue weighted by atomic mass is 9.99. The smallest absolute Gasteiger partial charge is 0.163 e. The van der Waals surface area contributed by atoms with Gasteiger partial charge in [-0.25, -0.2) is 9.97 Å². The molecule has 1 fully saturated rings. The summed E-state index contributed by atoms with van der Waals surface area (Å²) in [6, 6.07) is 12.4. The number of benzene rings is 1. The van der Waals surface area contributed by atoms with E-state index in [0.717, 1.165) is 52.9 Å². The molecule has 0 saturated carbocycles. The highest BCUT2D eigenvalue weighted by molar-refractivity contribution is 5.90. The van der Waals surface area contributed by atoms with Gasteiger partial charge in [0.05, 0.1) is 5.39 Å². The molecule has 1 aliphatic rings. The number of nitrogens with one attached hydrogen (secondary N) is 1. The van der Waals surface area contributed by atoms with E-state index in [1.807, 2.05) is 18.2 Å². The molecule has 0 unspecified atom stereocenters. The highest BCUT2D eigenvalue weighted by Gasteiger charge is 2.21. The summed E-state index contributed by atoms with van der Waals surface area (Å²) < 4.78 is 0. The summed E-state index contributed by atoms with van der Waals surface area (Å²) in [5, 5.41) is 1.14. The van der Waals surface area contributed by atoms with Crippen LogP contribution < -0.4 is 4.90 Å². The SMILES string of the molecule is Cc1cc2c(N3CCC(C)CC3)nc(-c3ccccc3)nc2[nH]1. The van der Waals surface area contributed by atoms with E-state index in [1.54, 1.807) is 0 Å². The lowest BCUT2D eigenvalue weighted by molar-refractivity contribution is 0.437. The maximum Gasteiger partial charge on any atom is 0.163 e. The number of anilines is 1. The zero-order valence-electron chi connectivity index (χ0n) is 13.7. The highest BCUT2D eigenvalue weighted by Crippen LogP contribution is 2.30. The Kier molecular flexibility index (Phi) is 3.52. The van der Waals surface area contributed by atoms with Gasteiger partial charge < -0.3 is 9.88 Å². The lowest BCUT2D eigenvalue weighted by Crippen LogP contribution is -2.33. The number of hydrogen-bond donors (Lipinski definition) is 1. The van der Waals surface area contributed by atoms with Gasteiger partial charge in [0.25, 0.3) is 0 Å². The van der Waals surface area contributed by atoms with E-state index in [2.05, 4.69) is 41.9 Å². The molecule has 1 N–H and O–H groups in total. The van der Waals surface area contributed by atoms with Crippen molar-refractivity contribution in [3.63, 3.8) is 0 Å². The molecule has 4 nitrogen and oxygen atoms in total. The molecule has 4 heteroatoms. The Morgan fingerprint density at radius 2 is 1.83 bits per heavy atom. The summed E-state index contributed by atoms with van der Waals surface area (Å²) in [4.78, 5) is 15.5. The van der Waals surface area contributed by atoms with Crippen molar-refractivity contribution in [1.82, 2.24) is 15.0 Å². The van der Waals surface area contributed by atoms with Crippen molar-refractivity contribution in [3.05, 3.63) is 42.1 Å².